The van der Waals surface area contributed by atoms with Crippen molar-refractivity contribution in [3.63, 3.8) is 0 Å². The fourth-order valence-corrected chi connectivity index (χ4v) is 3.17. The third kappa shape index (κ3) is 6.44. The smallest absolute Gasteiger partial charge is 0.330 e. The molecule has 31 heavy (non-hydrogen) atoms. The molecule has 162 valence electrons. The molecule has 2 aromatic carbocycles. The molecule has 0 fully saturated rings. The Kier molecular flexibility index (Phi) is 7.81. The Balaban J connectivity index is 1.70. The molecule has 0 aromatic heterocycles. The zero-order chi connectivity index (χ0) is 22.1. The van der Waals surface area contributed by atoms with Crippen molar-refractivity contribution in [3.05, 3.63) is 65.2 Å². The molecular weight excluding hydrogens is 392 g/mol. The molecule has 0 atom stereocenters. The van der Waals surface area contributed by atoms with Crippen LogP contribution in [0.5, 0.6) is 0 Å². The van der Waals surface area contributed by atoms with Crippen LogP contribution >= 0.6 is 0 Å². The van der Waals surface area contributed by atoms with Gasteiger partial charge < -0.3 is 20.7 Å². The van der Waals surface area contributed by atoms with Crippen molar-refractivity contribution in [1.82, 2.24) is 5.32 Å². The fraction of sp³-hybridized carbons (Fsp3) is 0.292. The first-order chi connectivity index (χ1) is 15.1. The number of guanidine groups is 1. The minimum atomic E-state index is -0.374. The van der Waals surface area contributed by atoms with E-state index in [2.05, 4.69) is 20.9 Å². The summed E-state index contributed by atoms with van der Waals surface area (Å²) in [6.45, 7) is 5.81. The molecule has 7 nitrogen and oxygen atoms in total. The molecule has 0 aliphatic carbocycles. The first-order valence-corrected chi connectivity index (χ1v) is 10.5. The van der Waals surface area contributed by atoms with Gasteiger partial charge in [0.15, 0.2) is 5.96 Å². The van der Waals surface area contributed by atoms with Gasteiger partial charge in [0.1, 0.15) is 0 Å². The maximum Gasteiger partial charge on any atom is 0.330 e. The number of aryl methyl sites for hydroxylation is 1. The number of hydrogen-bond acceptors (Lipinski definition) is 6. The van der Waals surface area contributed by atoms with Crippen LogP contribution in [0, 0.1) is 0 Å². The molecule has 2 aromatic rings. The highest BCUT2D eigenvalue weighted by atomic mass is 16.5. The first-order valence-electron chi connectivity index (χ1n) is 10.5. The van der Waals surface area contributed by atoms with E-state index in [9.17, 15) is 9.59 Å². The van der Waals surface area contributed by atoms with Crippen LogP contribution in [0.1, 0.15) is 41.8 Å². The predicted molar refractivity (Wildman–Crippen MR) is 124 cm³/mol. The van der Waals surface area contributed by atoms with Gasteiger partial charge in [0.25, 0.3) is 5.91 Å². The van der Waals surface area contributed by atoms with Gasteiger partial charge in [-0.25, -0.2) is 4.79 Å². The van der Waals surface area contributed by atoms with Crippen LogP contribution in [0.15, 0.2) is 53.5 Å². The summed E-state index contributed by atoms with van der Waals surface area (Å²) in [4.78, 5) is 28.7. The van der Waals surface area contributed by atoms with E-state index in [1.54, 1.807) is 25.1 Å². The second-order valence-corrected chi connectivity index (χ2v) is 7.03. The Morgan fingerprint density at radius 2 is 2.06 bits per heavy atom. The van der Waals surface area contributed by atoms with Crippen LogP contribution in [0.4, 0.5) is 11.4 Å². The molecule has 7 heteroatoms. The number of ether oxygens (including phenoxy) is 1. The van der Waals surface area contributed by atoms with Crippen LogP contribution in [-0.2, 0) is 16.0 Å². The lowest BCUT2D eigenvalue weighted by atomic mass is 10.1. The minimum absolute atomic E-state index is 0.188. The highest BCUT2D eigenvalue weighted by molar-refractivity contribution is 6.06. The minimum Gasteiger partial charge on any atom is -0.463 e. The Labute approximate surface area is 182 Å². The number of anilines is 2. The SMILES string of the molecule is CCOC(=O)C=Cc1ccc(NC(=O)c2cccc(NC3=NCCCN3)c2)c(CC)c1. The lowest BCUT2D eigenvalue weighted by molar-refractivity contribution is -0.137. The van der Waals surface area contributed by atoms with E-state index in [4.69, 9.17) is 4.74 Å². The Bertz CT molecular complexity index is 998. The molecule has 3 rings (SSSR count). The maximum atomic E-state index is 12.8. The van der Waals surface area contributed by atoms with Crippen LogP contribution in [0.2, 0.25) is 0 Å². The number of benzene rings is 2. The number of nitrogens with zero attached hydrogens (tertiary/aromatic N) is 1. The van der Waals surface area contributed by atoms with E-state index >= 15 is 0 Å². The van der Waals surface area contributed by atoms with E-state index in [0.717, 1.165) is 54.4 Å². The average Bonchev–Trinajstić information content (AvgIpc) is 2.79. The van der Waals surface area contributed by atoms with Crippen molar-refractivity contribution < 1.29 is 14.3 Å². The monoisotopic (exact) mass is 420 g/mol. The Morgan fingerprint density at radius 3 is 2.81 bits per heavy atom. The number of carbonyl (C=O) groups excluding carboxylic acids is 2. The fourth-order valence-electron chi connectivity index (χ4n) is 3.17. The Hall–Kier alpha value is -3.61. The zero-order valence-electron chi connectivity index (χ0n) is 17.9. The molecule has 1 aliphatic rings. The molecule has 3 N–H and O–H groups in total. The van der Waals surface area contributed by atoms with Crippen LogP contribution in [0.3, 0.4) is 0 Å². The van der Waals surface area contributed by atoms with E-state index in [1.807, 2.05) is 37.3 Å². The lowest BCUT2D eigenvalue weighted by Gasteiger charge is -2.16. The molecule has 0 saturated carbocycles. The standard InChI is InChI=1S/C24H28N4O3/c1-3-18-15-17(10-12-22(29)31-4-2)9-11-21(18)28-23(30)19-7-5-8-20(16-19)27-24-25-13-6-14-26-24/h5,7-12,15-16H,3-4,6,13-14H2,1-2H3,(H,28,30)(H2,25,26,27). The van der Waals surface area contributed by atoms with Gasteiger partial charge in [0.05, 0.1) is 6.61 Å². The second-order valence-electron chi connectivity index (χ2n) is 7.03. The van der Waals surface area contributed by atoms with E-state index in [0.29, 0.717) is 12.2 Å². The van der Waals surface area contributed by atoms with E-state index in [1.165, 1.54) is 6.08 Å². The second kappa shape index (κ2) is 11.0. The molecule has 0 unspecified atom stereocenters. The number of nitrogens with one attached hydrogen (secondary N) is 3. The number of amides is 1. The van der Waals surface area contributed by atoms with Gasteiger partial charge in [-0.2, -0.15) is 0 Å². The summed E-state index contributed by atoms with van der Waals surface area (Å²) < 4.78 is 4.90. The lowest BCUT2D eigenvalue weighted by Crippen LogP contribution is -2.35. The summed E-state index contributed by atoms with van der Waals surface area (Å²) in [7, 11) is 0. The number of aliphatic imine (C=N–C) groups is 1. The summed E-state index contributed by atoms with van der Waals surface area (Å²) in [5.41, 5.74) is 3.95. The average molecular weight is 421 g/mol. The molecule has 1 amide bonds. The number of rotatable bonds is 7. The van der Waals surface area contributed by atoms with E-state index < -0.39 is 0 Å². The zero-order valence-corrected chi connectivity index (χ0v) is 17.9. The van der Waals surface area contributed by atoms with Crippen LogP contribution in [0.25, 0.3) is 6.08 Å². The first kappa shape index (κ1) is 22.1. The highest BCUT2D eigenvalue weighted by Gasteiger charge is 2.11. The summed E-state index contributed by atoms with van der Waals surface area (Å²) in [5, 5.41) is 9.41. The molecule has 1 aliphatic heterocycles. The van der Waals surface area contributed by atoms with E-state index in [-0.39, 0.29) is 11.9 Å². The van der Waals surface area contributed by atoms with Gasteiger partial charge in [-0.3, -0.25) is 9.79 Å². The third-order valence-corrected chi connectivity index (χ3v) is 4.74. The van der Waals surface area contributed by atoms with Crippen molar-refractivity contribution in [1.29, 1.82) is 0 Å². The van der Waals surface area contributed by atoms with Gasteiger partial charge in [-0.15, -0.1) is 0 Å². The van der Waals surface area contributed by atoms with Crippen molar-refractivity contribution in [3.8, 4) is 0 Å². The van der Waals surface area contributed by atoms with Crippen LogP contribution in [-0.4, -0.2) is 37.5 Å². The van der Waals surface area contributed by atoms with Gasteiger partial charge in [-0.05, 0) is 67.3 Å². The topological polar surface area (TPSA) is 91.8 Å². The number of carbonyl (C=O) groups is 2. The molecule has 0 spiro atoms. The van der Waals surface area contributed by atoms with Gasteiger partial charge in [0, 0.05) is 36.1 Å². The maximum absolute atomic E-state index is 12.8. The van der Waals surface area contributed by atoms with Crippen molar-refractivity contribution in [2.75, 3.05) is 30.3 Å². The van der Waals surface area contributed by atoms with Crippen molar-refractivity contribution in [2.45, 2.75) is 26.7 Å². The summed E-state index contributed by atoms with van der Waals surface area (Å²) >= 11 is 0. The Morgan fingerprint density at radius 1 is 1.19 bits per heavy atom. The largest absolute Gasteiger partial charge is 0.463 e. The molecule has 0 bridgehead atoms. The van der Waals surface area contributed by atoms with Crippen LogP contribution < -0.4 is 16.0 Å². The number of esters is 1. The molecule has 1 heterocycles. The van der Waals surface area contributed by atoms with Gasteiger partial charge >= 0.3 is 5.97 Å². The quantitative estimate of drug-likeness (QED) is 0.468. The summed E-state index contributed by atoms with van der Waals surface area (Å²) in [6, 6.07) is 13.0. The third-order valence-electron chi connectivity index (χ3n) is 4.74. The summed E-state index contributed by atoms with van der Waals surface area (Å²) in [5.74, 6) is 0.163. The molecule has 0 radical (unpaired) electrons. The highest BCUT2D eigenvalue weighted by Crippen LogP contribution is 2.21. The number of hydrogen-bond donors (Lipinski definition) is 3. The summed E-state index contributed by atoms with van der Waals surface area (Å²) in [6.07, 6.45) is 4.87. The van der Waals surface area contributed by atoms with Gasteiger partial charge in [-0.1, -0.05) is 19.1 Å². The molecule has 0 saturated heterocycles. The normalized spacial score (nSPS) is 13.3. The van der Waals surface area contributed by atoms with Crippen molar-refractivity contribution >= 4 is 35.3 Å². The van der Waals surface area contributed by atoms with Gasteiger partial charge in [0.2, 0.25) is 0 Å². The molecular formula is C24H28N4O3. The predicted octanol–water partition coefficient (Wildman–Crippen LogP) is 3.84. The van der Waals surface area contributed by atoms with Crippen molar-refractivity contribution in [2.24, 2.45) is 4.99 Å².